The van der Waals surface area contributed by atoms with Gasteiger partial charge in [0.1, 0.15) is 0 Å². The van der Waals surface area contributed by atoms with Crippen LogP contribution in [0.15, 0.2) is 0 Å². The van der Waals surface area contributed by atoms with Gasteiger partial charge >= 0.3 is 0 Å². The molecule has 0 aromatic heterocycles. The SMILES string of the molecule is O=C1CN(N2CCCCC2)CN1. The van der Waals surface area contributed by atoms with Crippen molar-refractivity contribution in [3.8, 4) is 0 Å². The number of amides is 1. The van der Waals surface area contributed by atoms with Crippen LogP contribution in [0.4, 0.5) is 0 Å². The van der Waals surface area contributed by atoms with E-state index in [1.807, 2.05) is 0 Å². The van der Waals surface area contributed by atoms with Gasteiger partial charge in [-0.15, -0.1) is 0 Å². The molecule has 2 aliphatic heterocycles. The number of rotatable bonds is 1. The van der Waals surface area contributed by atoms with Crippen LogP contribution in [-0.2, 0) is 4.79 Å². The van der Waals surface area contributed by atoms with Crippen molar-refractivity contribution in [3.05, 3.63) is 0 Å². The first-order valence-corrected chi connectivity index (χ1v) is 4.63. The van der Waals surface area contributed by atoms with Crippen LogP contribution in [0, 0.1) is 0 Å². The van der Waals surface area contributed by atoms with Crippen LogP contribution in [0.2, 0.25) is 0 Å². The molecule has 0 saturated carbocycles. The number of carbonyl (C=O) groups is 1. The molecule has 2 fully saturated rings. The first-order valence-electron chi connectivity index (χ1n) is 4.63. The van der Waals surface area contributed by atoms with E-state index in [4.69, 9.17) is 0 Å². The lowest BCUT2D eigenvalue weighted by atomic mass is 10.2. The molecule has 0 aliphatic carbocycles. The van der Waals surface area contributed by atoms with Gasteiger partial charge in [-0.3, -0.25) is 4.79 Å². The smallest absolute Gasteiger partial charge is 0.236 e. The van der Waals surface area contributed by atoms with Crippen molar-refractivity contribution in [2.75, 3.05) is 26.3 Å². The number of carbonyl (C=O) groups excluding carboxylic acids is 1. The summed E-state index contributed by atoms with van der Waals surface area (Å²) in [6.07, 6.45) is 3.88. The van der Waals surface area contributed by atoms with E-state index in [0.717, 1.165) is 13.1 Å². The van der Waals surface area contributed by atoms with Crippen molar-refractivity contribution >= 4 is 5.91 Å². The Kier molecular flexibility index (Phi) is 2.28. The van der Waals surface area contributed by atoms with Crippen LogP contribution in [0.25, 0.3) is 0 Å². The Morgan fingerprint density at radius 1 is 1.08 bits per heavy atom. The topological polar surface area (TPSA) is 35.6 Å². The van der Waals surface area contributed by atoms with E-state index in [9.17, 15) is 4.79 Å². The lowest BCUT2D eigenvalue weighted by Gasteiger charge is -2.33. The molecule has 2 saturated heterocycles. The van der Waals surface area contributed by atoms with E-state index in [1.165, 1.54) is 19.3 Å². The third-order valence-corrected chi connectivity index (χ3v) is 2.52. The summed E-state index contributed by atoms with van der Waals surface area (Å²) in [4.78, 5) is 10.9. The van der Waals surface area contributed by atoms with Crippen LogP contribution in [0.1, 0.15) is 19.3 Å². The predicted octanol–water partition coefficient (Wildman–Crippen LogP) is -0.223. The minimum Gasteiger partial charge on any atom is -0.341 e. The molecule has 68 valence electrons. The molecule has 0 radical (unpaired) electrons. The zero-order valence-corrected chi connectivity index (χ0v) is 7.25. The molecule has 1 N–H and O–H groups in total. The number of hydrogen-bond acceptors (Lipinski definition) is 3. The van der Waals surface area contributed by atoms with Crippen molar-refractivity contribution in [3.63, 3.8) is 0 Å². The molecule has 4 nitrogen and oxygen atoms in total. The van der Waals surface area contributed by atoms with Gasteiger partial charge < -0.3 is 5.32 Å². The fourth-order valence-corrected chi connectivity index (χ4v) is 1.82. The average molecular weight is 169 g/mol. The molecule has 0 spiro atoms. The van der Waals surface area contributed by atoms with Crippen LogP contribution in [-0.4, -0.2) is 42.2 Å². The predicted molar refractivity (Wildman–Crippen MR) is 45.1 cm³/mol. The minimum atomic E-state index is 0.153. The van der Waals surface area contributed by atoms with E-state index in [2.05, 4.69) is 15.3 Å². The maximum absolute atomic E-state index is 10.9. The third kappa shape index (κ3) is 1.59. The minimum absolute atomic E-state index is 0.153. The Hall–Kier alpha value is -0.610. The number of nitrogens with zero attached hydrogens (tertiary/aromatic N) is 2. The summed E-state index contributed by atoms with van der Waals surface area (Å²) in [7, 11) is 0. The second-order valence-corrected chi connectivity index (χ2v) is 3.44. The van der Waals surface area contributed by atoms with E-state index >= 15 is 0 Å². The number of hydrazine groups is 1. The third-order valence-electron chi connectivity index (χ3n) is 2.52. The van der Waals surface area contributed by atoms with Gasteiger partial charge in [0.15, 0.2) is 0 Å². The fraction of sp³-hybridized carbons (Fsp3) is 0.875. The first-order chi connectivity index (χ1) is 5.86. The second-order valence-electron chi connectivity index (χ2n) is 3.44. The largest absolute Gasteiger partial charge is 0.341 e. The number of piperidine rings is 1. The van der Waals surface area contributed by atoms with Crippen LogP contribution < -0.4 is 5.32 Å². The second kappa shape index (κ2) is 3.41. The summed E-state index contributed by atoms with van der Waals surface area (Å²) in [5.41, 5.74) is 0. The molecule has 2 aliphatic rings. The van der Waals surface area contributed by atoms with Crippen LogP contribution in [0.3, 0.4) is 0 Å². The summed E-state index contributed by atoms with van der Waals surface area (Å²) in [5, 5.41) is 7.22. The zero-order chi connectivity index (χ0) is 8.39. The van der Waals surface area contributed by atoms with Gasteiger partial charge in [-0.25, -0.2) is 10.0 Å². The first kappa shape index (κ1) is 8.01. The molecule has 0 aromatic carbocycles. The van der Waals surface area contributed by atoms with Gasteiger partial charge in [0, 0.05) is 13.1 Å². The molecule has 0 bridgehead atoms. The summed E-state index contributed by atoms with van der Waals surface area (Å²) >= 11 is 0. The normalized spacial score (nSPS) is 27.5. The van der Waals surface area contributed by atoms with Crippen molar-refractivity contribution in [1.82, 2.24) is 15.3 Å². The summed E-state index contributed by atoms with van der Waals surface area (Å²) < 4.78 is 0. The number of nitrogens with one attached hydrogen (secondary N) is 1. The van der Waals surface area contributed by atoms with Crippen molar-refractivity contribution in [1.29, 1.82) is 0 Å². The van der Waals surface area contributed by atoms with Gasteiger partial charge in [0.2, 0.25) is 5.91 Å². The average Bonchev–Trinajstić information content (AvgIpc) is 2.54. The van der Waals surface area contributed by atoms with Crippen LogP contribution >= 0.6 is 0 Å². The highest BCUT2D eigenvalue weighted by Gasteiger charge is 2.24. The molecule has 4 heteroatoms. The molecule has 0 aromatic rings. The molecular weight excluding hydrogens is 154 g/mol. The molecule has 12 heavy (non-hydrogen) atoms. The van der Waals surface area contributed by atoms with Crippen LogP contribution in [0.5, 0.6) is 0 Å². The Balaban J connectivity index is 1.86. The highest BCUT2D eigenvalue weighted by atomic mass is 16.2. The van der Waals surface area contributed by atoms with Gasteiger partial charge in [0.05, 0.1) is 13.2 Å². The Morgan fingerprint density at radius 2 is 1.83 bits per heavy atom. The zero-order valence-electron chi connectivity index (χ0n) is 7.25. The highest BCUT2D eigenvalue weighted by molar-refractivity contribution is 5.79. The van der Waals surface area contributed by atoms with E-state index in [-0.39, 0.29) is 5.91 Å². The molecular formula is C8H15N3O. The summed E-state index contributed by atoms with van der Waals surface area (Å²) in [5.74, 6) is 0.153. The molecule has 2 rings (SSSR count). The van der Waals surface area contributed by atoms with Crippen molar-refractivity contribution in [2.45, 2.75) is 19.3 Å². The fourth-order valence-electron chi connectivity index (χ4n) is 1.82. The lowest BCUT2D eigenvalue weighted by molar-refractivity contribution is -0.120. The summed E-state index contributed by atoms with van der Waals surface area (Å²) in [6.45, 7) is 3.50. The lowest BCUT2D eigenvalue weighted by Crippen LogP contribution is -2.44. The van der Waals surface area contributed by atoms with Gasteiger partial charge in [-0.2, -0.15) is 0 Å². The van der Waals surface area contributed by atoms with E-state index in [0.29, 0.717) is 13.2 Å². The van der Waals surface area contributed by atoms with Gasteiger partial charge in [-0.1, -0.05) is 6.42 Å². The molecule has 1 amide bonds. The highest BCUT2D eigenvalue weighted by Crippen LogP contribution is 2.12. The standard InChI is InChI=1S/C8H15N3O/c12-8-6-11(7-9-8)10-4-2-1-3-5-10/h1-7H2,(H,9,12). The monoisotopic (exact) mass is 169 g/mol. The van der Waals surface area contributed by atoms with Crippen molar-refractivity contribution in [2.24, 2.45) is 0 Å². The maximum atomic E-state index is 10.9. The van der Waals surface area contributed by atoms with E-state index in [1.54, 1.807) is 0 Å². The maximum Gasteiger partial charge on any atom is 0.236 e. The Morgan fingerprint density at radius 3 is 2.42 bits per heavy atom. The summed E-state index contributed by atoms with van der Waals surface area (Å²) in [6, 6.07) is 0. The molecule has 2 heterocycles. The Bertz CT molecular complexity index is 177. The van der Waals surface area contributed by atoms with Gasteiger partial charge in [-0.05, 0) is 12.8 Å². The number of hydrogen-bond donors (Lipinski definition) is 1. The van der Waals surface area contributed by atoms with E-state index < -0.39 is 0 Å². The Labute approximate surface area is 72.5 Å². The molecule has 0 atom stereocenters. The van der Waals surface area contributed by atoms with Gasteiger partial charge in [0.25, 0.3) is 0 Å². The molecule has 0 unspecified atom stereocenters. The van der Waals surface area contributed by atoms with Crippen molar-refractivity contribution < 1.29 is 4.79 Å². The quantitative estimate of drug-likeness (QED) is 0.589.